The molecule has 0 aliphatic carbocycles. The molecule has 0 heterocycles. The van der Waals surface area contributed by atoms with Crippen LogP contribution >= 0.6 is 0 Å². The number of carbonyl (C=O) groups excluding carboxylic acids is 1. The Morgan fingerprint density at radius 3 is 2.67 bits per heavy atom. The van der Waals surface area contributed by atoms with E-state index in [1.54, 1.807) is 25.3 Å². The van der Waals surface area contributed by atoms with E-state index in [9.17, 15) is 4.79 Å². The number of ether oxygens (including phenoxy) is 2. The van der Waals surface area contributed by atoms with Crippen LogP contribution in [0.3, 0.4) is 0 Å². The van der Waals surface area contributed by atoms with Gasteiger partial charge in [-0.15, -0.1) is 0 Å². The van der Waals surface area contributed by atoms with Crippen LogP contribution in [-0.4, -0.2) is 20.0 Å². The molecule has 0 spiro atoms. The minimum absolute atomic E-state index is 0.402. The van der Waals surface area contributed by atoms with Gasteiger partial charge in [-0.25, -0.2) is 0 Å². The second-order valence-corrected chi connectivity index (χ2v) is 4.62. The van der Waals surface area contributed by atoms with Crippen LogP contribution in [0.1, 0.15) is 30.6 Å². The first-order valence-corrected chi connectivity index (χ1v) is 5.69. The Hall–Kier alpha value is -2.02. The fraction of sp³-hybridized carbons (Fsp3) is 0.429. The summed E-state index contributed by atoms with van der Waals surface area (Å²) in [5.74, 6) is 1.10. The fourth-order valence-corrected chi connectivity index (χ4v) is 1.35. The normalized spacial score (nSPS) is 10.6. The first kappa shape index (κ1) is 14.0. The monoisotopic (exact) mass is 247 g/mol. The van der Waals surface area contributed by atoms with Crippen LogP contribution in [0.4, 0.5) is 0 Å². The van der Waals surface area contributed by atoms with Crippen LogP contribution in [0.25, 0.3) is 0 Å². The van der Waals surface area contributed by atoms with Crippen LogP contribution < -0.4 is 9.47 Å². The number of rotatable bonds is 6. The van der Waals surface area contributed by atoms with Gasteiger partial charge in [0, 0.05) is 5.56 Å². The van der Waals surface area contributed by atoms with Crippen LogP contribution in [0.2, 0.25) is 0 Å². The first-order valence-electron chi connectivity index (χ1n) is 5.69. The molecule has 0 aliphatic rings. The fourth-order valence-electron chi connectivity index (χ4n) is 1.35. The lowest BCUT2D eigenvalue weighted by Gasteiger charge is -2.16. The van der Waals surface area contributed by atoms with Gasteiger partial charge in [-0.1, -0.05) is 0 Å². The Balaban J connectivity index is 2.72. The Kier molecular flexibility index (Phi) is 4.73. The Bertz CT molecular complexity index is 461. The second-order valence-electron chi connectivity index (χ2n) is 4.62. The maximum absolute atomic E-state index is 10.7. The molecule has 0 amide bonds. The van der Waals surface area contributed by atoms with Crippen molar-refractivity contribution in [1.29, 1.82) is 5.26 Å². The third-order valence-electron chi connectivity index (χ3n) is 2.61. The quantitative estimate of drug-likeness (QED) is 0.725. The predicted octanol–water partition coefficient (Wildman–Crippen LogP) is 2.83. The maximum Gasteiger partial charge on any atom is 0.161 e. The summed E-state index contributed by atoms with van der Waals surface area (Å²) in [5.41, 5.74) is 0.112. The van der Waals surface area contributed by atoms with Crippen LogP contribution in [-0.2, 0) is 0 Å². The molecule has 0 aromatic heterocycles. The van der Waals surface area contributed by atoms with E-state index in [2.05, 4.69) is 6.07 Å². The van der Waals surface area contributed by atoms with Gasteiger partial charge in [-0.2, -0.15) is 5.26 Å². The summed E-state index contributed by atoms with van der Waals surface area (Å²) in [7, 11) is 1.54. The third-order valence-corrected chi connectivity index (χ3v) is 2.61. The van der Waals surface area contributed by atoms with Crippen molar-refractivity contribution in [2.75, 3.05) is 13.7 Å². The maximum atomic E-state index is 10.7. The highest BCUT2D eigenvalue weighted by Gasteiger charge is 2.17. The van der Waals surface area contributed by atoms with Crippen molar-refractivity contribution < 1.29 is 14.3 Å². The number of nitrogens with zero attached hydrogens (tertiary/aromatic N) is 1. The molecule has 0 N–H and O–H groups in total. The number of hydrogen-bond donors (Lipinski definition) is 0. The number of methoxy groups -OCH3 is 1. The van der Waals surface area contributed by atoms with Gasteiger partial charge in [0.1, 0.15) is 6.29 Å². The highest BCUT2D eigenvalue weighted by Crippen LogP contribution is 2.28. The molecule has 0 unspecified atom stereocenters. The molecule has 0 bridgehead atoms. The number of aldehydes is 1. The molecule has 0 fully saturated rings. The molecule has 0 radical (unpaired) electrons. The van der Waals surface area contributed by atoms with Gasteiger partial charge in [0.15, 0.2) is 11.5 Å². The molecule has 0 saturated heterocycles. The van der Waals surface area contributed by atoms with Gasteiger partial charge in [-0.3, -0.25) is 4.79 Å². The van der Waals surface area contributed by atoms with Crippen molar-refractivity contribution in [2.24, 2.45) is 5.41 Å². The van der Waals surface area contributed by atoms with Crippen LogP contribution in [0.5, 0.6) is 11.5 Å². The SMILES string of the molecule is COc1ccc(C=O)cc1OCCC(C)(C)C#N. The summed E-state index contributed by atoms with van der Waals surface area (Å²) in [5, 5.41) is 8.90. The zero-order valence-electron chi connectivity index (χ0n) is 10.9. The Morgan fingerprint density at radius 1 is 1.39 bits per heavy atom. The van der Waals surface area contributed by atoms with Gasteiger partial charge in [-0.05, 0) is 38.5 Å². The average Bonchev–Trinajstić information content (AvgIpc) is 2.38. The minimum atomic E-state index is -0.421. The van der Waals surface area contributed by atoms with Crippen LogP contribution in [0, 0.1) is 16.7 Å². The van der Waals surface area contributed by atoms with Crippen molar-refractivity contribution in [3.05, 3.63) is 23.8 Å². The van der Waals surface area contributed by atoms with E-state index >= 15 is 0 Å². The van der Waals surface area contributed by atoms with E-state index in [-0.39, 0.29) is 0 Å². The molecule has 1 aromatic rings. The highest BCUT2D eigenvalue weighted by atomic mass is 16.5. The van der Waals surface area contributed by atoms with E-state index in [4.69, 9.17) is 14.7 Å². The zero-order chi connectivity index (χ0) is 13.6. The summed E-state index contributed by atoms with van der Waals surface area (Å²) < 4.78 is 10.7. The summed E-state index contributed by atoms with van der Waals surface area (Å²) in [6.45, 7) is 4.12. The van der Waals surface area contributed by atoms with E-state index in [0.29, 0.717) is 30.1 Å². The molecule has 1 aromatic carbocycles. The molecule has 96 valence electrons. The minimum Gasteiger partial charge on any atom is -0.493 e. The Labute approximate surface area is 107 Å². The van der Waals surface area contributed by atoms with Gasteiger partial charge >= 0.3 is 0 Å². The van der Waals surface area contributed by atoms with Gasteiger partial charge in [0.25, 0.3) is 0 Å². The highest BCUT2D eigenvalue weighted by molar-refractivity contribution is 5.76. The molecule has 4 nitrogen and oxygen atoms in total. The third kappa shape index (κ3) is 3.77. The molecule has 0 atom stereocenters. The number of hydrogen-bond acceptors (Lipinski definition) is 4. The van der Waals surface area contributed by atoms with E-state index in [1.807, 2.05) is 13.8 Å². The number of benzene rings is 1. The van der Waals surface area contributed by atoms with Gasteiger partial charge in [0.05, 0.1) is 25.2 Å². The topological polar surface area (TPSA) is 59.3 Å². The smallest absolute Gasteiger partial charge is 0.161 e. The van der Waals surface area contributed by atoms with Gasteiger partial charge in [0.2, 0.25) is 0 Å². The zero-order valence-corrected chi connectivity index (χ0v) is 10.9. The largest absolute Gasteiger partial charge is 0.493 e. The average molecular weight is 247 g/mol. The second kappa shape index (κ2) is 6.06. The lowest BCUT2D eigenvalue weighted by molar-refractivity contribution is 0.112. The van der Waals surface area contributed by atoms with E-state index in [0.717, 1.165) is 6.29 Å². The van der Waals surface area contributed by atoms with Crippen molar-refractivity contribution in [2.45, 2.75) is 20.3 Å². The van der Waals surface area contributed by atoms with Crippen LogP contribution in [0.15, 0.2) is 18.2 Å². The summed E-state index contributed by atoms with van der Waals surface area (Å²) in [6.07, 6.45) is 1.36. The molecule has 0 saturated carbocycles. The van der Waals surface area contributed by atoms with Crippen molar-refractivity contribution >= 4 is 6.29 Å². The lowest BCUT2D eigenvalue weighted by Crippen LogP contribution is -2.13. The van der Waals surface area contributed by atoms with Gasteiger partial charge < -0.3 is 9.47 Å². The van der Waals surface area contributed by atoms with Crippen molar-refractivity contribution in [1.82, 2.24) is 0 Å². The molecular formula is C14H17NO3. The van der Waals surface area contributed by atoms with Crippen molar-refractivity contribution in [3.63, 3.8) is 0 Å². The molecular weight excluding hydrogens is 230 g/mol. The summed E-state index contributed by atoms with van der Waals surface area (Å²) >= 11 is 0. The standard InChI is InChI=1S/C14H17NO3/c1-14(2,10-15)6-7-18-13-8-11(9-16)4-5-12(13)17-3/h4-5,8-9H,6-7H2,1-3H3. The predicted molar refractivity (Wildman–Crippen MR) is 67.9 cm³/mol. The summed E-state index contributed by atoms with van der Waals surface area (Å²) in [6, 6.07) is 7.20. The van der Waals surface area contributed by atoms with E-state index in [1.165, 1.54) is 0 Å². The summed E-state index contributed by atoms with van der Waals surface area (Å²) in [4.78, 5) is 10.7. The number of carbonyl (C=O) groups is 1. The number of nitriles is 1. The molecule has 4 heteroatoms. The first-order chi connectivity index (χ1) is 8.52. The lowest BCUT2D eigenvalue weighted by atomic mass is 9.92. The Morgan fingerprint density at radius 2 is 2.11 bits per heavy atom. The van der Waals surface area contributed by atoms with E-state index < -0.39 is 5.41 Å². The molecule has 18 heavy (non-hydrogen) atoms. The van der Waals surface area contributed by atoms with Crippen molar-refractivity contribution in [3.8, 4) is 17.6 Å². The molecule has 1 rings (SSSR count). The molecule has 0 aliphatic heterocycles.